The van der Waals surface area contributed by atoms with E-state index in [9.17, 15) is 4.79 Å². The van der Waals surface area contributed by atoms with Crippen LogP contribution in [0, 0.1) is 6.92 Å². The zero-order valence-corrected chi connectivity index (χ0v) is 8.41. The Morgan fingerprint density at radius 2 is 2.36 bits per heavy atom. The van der Waals surface area contributed by atoms with Crippen LogP contribution in [0.3, 0.4) is 0 Å². The number of aromatic nitrogens is 1. The molecular formula is C9H10ClNO3. The Labute approximate surface area is 86.5 Å². The van der Waals surface area contributed by atoms with Crippen molar-refractivity contribution in [2.75, 3.05) is 6.61 Å². The van der Waals surface area contributed by atoms with Crippen molar-refractivity contribution in [2.45, 2.75) is 13.5 Å². The first-order chi connectivity index (χ1) is 6.59. The zero-order valence-electron chi connectivity index (χ0n) is 7.66. The zero-order chi connectivity index (χ0) is 10.6. The Morgan fingerprint density at radius 1 is 1.64 bits per heavy atom. The van der Waals surface area contributed by atoms with E-state index in [1.165, 1.54) is 0 Å². The summed E-state index contributed by atoms with van der Waals surface area (Å²) in [5, 5.41) is 8.76. The molecule has 0 aliphatic heterocycles. The molecule has 0 bridgehead atoms. The molecule has 5 heteroatoms. The quantitative estimate of drug-likeness (QED) is 0.776. The molecule has 0 fully saturated rings. The number of pyridine rings is 1. The molecule has 1 aromatic heterocycles. The highest BCUT2D eigenvalue weighted by Gasteiger charge is 2.02. The van der Waals surface area contributed by atoms with E-state index in [0.29, 0.717) is 5.15 Å². The van der Waals surface area contributed by atoms with Crippen LogP contribution in [0.5, 0.6) is 0 Å². The lowest BCUT2D eigenvalue weighted by Crippen LogP contribution is -2.07. The maximum Gasteiger partial charge on any atom is 0.329 e. The van der Waals surface area contributed by atoms with Gasteiger partial charge in [-0.1, -0.05) is 17.7 Å². The molecular weight excluding hydrogens is 206 g/mol. The smallest absolute Gasteiger partial charge is 0.329 e. The molecule has 0 saturated heterocycles. The van der Waals surface area contributed by atoms with Gasteiger partial charge in [0.25, 0.3) is 0 Å². The van der Waals surface area contributed by atoms with E-state index in [0.717, 1.165) is 11.3 Å². The monoisotopic (exact) mass is 215 g/mol. The molecule has 1 N–H and O–H groups in total. The first-order valence-corrected chi connectivity index (χ1v) is 4.39. The van der Waals surface area contributed by atoms with Gasteiger partial charge < -0.3 is 9.84 Å². The fourth-order valence-electron chi connectivity index (χ4n) is 0.960. The molecule has 76 valence electrons. The van der Waals surface area contributed by atoms with E-state index in [2.05, 4.69) is 4.98 Å². The van der Waals surface area contributed by atoms with Gasteiger partial charge in [-0.05, 0) is 18.6 Å². The number of carboxylic acids is 1. The Balaban J connectivity index is 2.55. The maximum atomic E-state index is 10.2. The van der Waals surface area contributed by atoms with Gasteiger partial charge >= 0.3 is 5.97 Å². The Hall–Kier alpha value is -1.13. The third kappa shape index (κ3) is 3.32. The first kappa shape index (κ1) is 10.9. The number of rotatable bonds is 4. The lowest BCUT2D eigenvalue weighted by atomic mass is 10.2. The van der Waals surface area contributed by atoms with Crippen molar-refractivity contribution in [1.29, 1.82) is 0 Å². The lowest BCUT2D eigenvalue weighted by Gasteiger charge is -2.04. The van der Waals surface area contributed by atoms with Crippen molar-refractivity contribution in [2.24, 2.45) is 0 Å². The number of halogens is 1. The summed E-state index contributed by atoms with van der Waals surface area (Å²) >= 11 is 5.66. The molecule has 0 aliphatic carbocycles. The molecule has 0 aliphatic rings. The van der Waals surface area contributed by atoms with Crippen molar-refractivity contribution in [3.05, 3.63) is 28.5 Å². The number of hydrogen-bond acceptors (Lipinski definition) is 3. The van der Waals surface area contributed by atoms with Crippen LogP contribution >= 0.6 is 11.6 Å². The third-order valence-electron chi connectivity index (χ3n) is 1.64. The second-order valence-corrected chi connectivity index (χ2v) is 3.15. The average molecular weight is 216 g/mol. The summed E-state index contributed by atoms with van der Waals surface area (Å²) in [6.45, 7) is 1.73. The largest absolute Gasteiger partial charge is 0.480 e. The highest BCUT2D eigenvalue weighted by Crippen LogP contribution is 2.11. The van der Waals surface area contributed by atoms with Crippen LogP contribution in [0.2, 0.25) is 5.15 Å². The lowest BCUT2D eigenvalue weighted by molar-refractivity contribution is -0.142. The predicted octanol–water partition coefficient (Wildman–Crippen LogP) is 1.64. The molecule has 0 unspecified atom stereocenters. The number of ether oxygens (including phenoxy) is 1. The van der Waals surface area contributed by atoms with Crippen molar-refractivity contribution < 1.29 is 14.6 Å². The number of carboxylic acid groups (broad SMARTS) is 1. The van der Waals surface area contributed by atoms with E-state index < -0.39 is 5.97 Å². The van der Waals surface area contributed by atoms with Crippen molar-refractivity contribution in [3.8, 4) is 0 Å². The van der Waals surface area contributed by atoms with Crippen molar-refractivity contribution in [1.82, 2.24) is 4.98 Å². The topological polar surface area (TPSA) is 59.4 Å². The van der Waals surface area contributed by atoms with Crippen LogP contribution < -0.4 is 0 Å². The van der Waals surface area contributed by atoms with E-state index >= 15 is 0 Å². The molecule has 14 heavy (non-hydrogen) atoms. The molecule has 1 aromatic rings. The summed E-state index contributed by atoms with van der Waals surface area (Å²) in [5.74, 6) is -0.982. The van der Waals surface area contributed by atoms with Crippen LogP contribution in [0.15, 0.2) is 12.1 Å². The number of carbonyl (C=O) groups is 1. The molecule has 1 rings (SSSR count). The molecule has 0 spiro atoms. The van der Waals surface area contributed by atoms with Gasteiger partial charge in [0.1, 0.15) is 11.8 Å². The summed E-state index contributed by atoms with van der Waals surface area (Å²) in [6.07, 6.45) is 0. The van der Waals surface area contributed by atoms with Gasteiger partial charge in [-0.15, -0.1) is 0 Å². The summed E-state index contributed by atoms with van der Waals surface area (Å²) in [4.78, 5) is 14.2. The molecule has 0 atom stereocenters. The van der Waals surface area contributed by atoms with Gasteiger partial charge in [0, 0.05) is 5.69 Å². The van der Waals surface area contributed by atoms with Crippen molar-refractivity contribution >= 4 is 17.6 Å². The molecule has 4 nitrogen and oxygen atoms in total. The Morgan fingerprint density at radius 3 is 2.93 bits per heavy atom. The van der Waals surface area contributed by atoms with Gasteiger partial charge in [-0.3, -0.25) is 0 Å². The maximum absolute atomic E-state index is 10.2. The van der Waals surface area contributed by atoms with E-state index in [4.69, 9.17) is 21.4 Å². The third-order valence-corrected chi connectivity index (χ3v) is 1.85. The second-order valence-electron chi connectivity index (χ2n) is 2.77. The number of aryl methyl sites for hydroxylation is 1. The summed E-state index contributed by atoms with van der Waals surface area (Å²) in [7, 11) is 0. The highest BCUT2D eigenvalue weighted by molar-refractivity contribution is 6.29. The minimum absolute atomic E-state index is 0.238. The first-order valence-electron chi connectivity index (χ1n) is 4.01. The van der Waals surface area contributed by atoms with E-state index in [1.807, 2.05) is 0 Å². The highest BCUT2D eigenvalue weighted by atomic mass is 35.5. The summed E-state index contributed by atoms with van der Waals surface area (Å²) < 4.78 is 4.92. The van der Waals surface area contributed by atoms with Gasteiger partial charge in [0.15, 0.2) is 0 Å². The Kier molecular flexibility index (Phi) is 3.85. The standard InChI is InChI=1S/C9H10ClNO3/c1-6-7(2-3-8(10)11-6)4-14-5-9(12)13/h2-3H,4-5H2,1H3,(H,12,13). The van der Waals surface area contributed by atoms with Gasteiger partial charge in [0.05, 0.1) is 6.61 Å². The van der Waals surface area contributed by atoms with Gasteiger partial charge in [-0.25, -0.2) is 9.78 Å². The summed E-state index contributed by atoms with van der Waals surface area (Å²) in [6, 6.07) is 3.42. The SMILES string of the molecule is Cc1nc(Cl)ccc1COCC(=O)O. The van der Waals surface area contributed by atoms with Crippen LogP contribution in [0.1, 0.15) is 11.3 Å². The molecule has 0 amide bonds. The van der Waals surface area contributed by atoms with Crippen LogP contribution in [-0.2, 0) is 16.1 Å². The molecule has 0 saturated carbocycles. The van der Waals surface area contributed by atoms with Crippen LogP contribution in [0.25, 0.3) is 0 Å². The Bertz CT molecular complexity index is 341. The number of nitrogens with zero attached hydrogens (tertiary/aromatic N) is 1. The van der Waals surface area contributed by atoms with E-state index in [-0.39, 0.29) is 13.2 Å². The van der Waals surface area contributed by atoms with Crippen molar-refractivity contribution in [3.63, 3.8) is 0 Å². The van der Waals surface area contributed by atoms with Gasteiger partial charge in [-0.2, -0.15) is 0 Å². The second kappa shape index (κ2) is 4.93. The molecule has 0 radical (unpaired) electrons. The fourth-order valence-corrected chi connectivity index (χ4v) is 1.15. The van der Waals surface area contributed by atoms with Crippen LogP contribution in [0.4, 0.5) is 0 Å². The van der Waals surface area contributed by atoms with Crippen LogP contribution in [-0.4, -0.2) is 22.7 Å². The van der Waals surface area contributed by atoms with E-state index in [1.54, 1.807) is 19.1 Å². The number of hydrogen-bond donors (Lipinski definition) is 1. The molecule has 0 aromatic carbocycles. The molecule has 1 heterocycles. The number of aliphatic carboxylic acids is 1. The summed E-state index contributed by atoms with van der Waals surface area (Å²) in [5.41, 5.74) is 1.60. The van der Waals surface area contributed by atoms with Gasteiger partial charge in [0.2, 0.25) is 0 Å². The minimum atomic E-state index is -0.982. The average Bonchev–Trinajstić information content (AvgIpc) is 2.08. The normalized spacial score (nSPS) is 10.1. The fraction of sp³-hybridized carbons (Fsp3) is 0.333. The minimum Gasteiger partial charge on any atom is -0.480 e. The predicted molar refractivity (Wildman–Crippen MR) is 51.3 cm³/mol.